The van der Waals surface area contributed by atoms with Crippen LogP contribution >= 0.6 is 0 Å². The number of carbonyl (C=O) groups excluding carboxylic acids is 1. The van der Waals surface area contributed by atoms with Crippen LogP contribution in [0.25, 0.3) is 0 Å². The number of benzene rings is 2. The highest BCUT2D eigenvalue weighted by atomic mass is 16.5. The first kappa shape index (κ1) is 22.2. The van der Waals surface area contributed by atoms with Crippen molar-refractivity contribution in [1.29, 1.82) is 0 Å². The van der Waals surface area contributed by atoms with Gasteiger partial charge in [-0.3, -0.25) is 9.69 Å². The van der Waals surface area contributed by atoms with E-state index >= 15 is 0 Å². The fraction of sp³-hybridized carbons (Fsp3) is 0.480. The van der Waals surface area contributed by atoms with Crippen molar-refractivity contribution >= 4 is 5.91 Å². The number of likely N-dealkylation sites (tertiary alicyclic amines) is 1. The topological polar surface area (TPSA) is 42.0 Å². The summed E-state index contributed by atoms with van der Waals surface area (Å²) in [7, 11) is 3.45. The number of hydrogen-bond acceptors (Lipinski definition) is 4. The van der Waals surface area contributed by atoms with Crippen molar-refractivity contribution in [3.05, 3.63) is 59.7 Å². The first-order chi connectivity index (χ1) is 14.4. The fourth-order valence-electron chi connectivity index (χ4n) is 4.63. The molecular formula is C25H34N2O3. The van der Waals surface area contributed by atoms with Gasteiger partial charge >= 0.3 is 0 Å². The van der Waals surface area contributed by atoms with Crippen LogP contribution in [0.15, 0.2) is 48.5 Å². The van der Waals surface area contributed by atoms with Crippen LogP contribution in [0.1, 0.15) is 37.8 Å². The highest BCUT2D eigenvalue weighted by Gasteiger charge is 2.37. The lowest BCUT2D eigenvalue weighted by molar-refractivity contribution is -0.131. The Morgan fingerprint density at radius 2 is 1.67 bits per heavy atom. The smallest absolute Gasteiger partial charge is 0.219 e. The first-order valence-corrected chi connectivity index (χ1v) is 10.7. The quantitative estimate of drug-likeness (QED) is 0.655. The van der Waals surface area contributed by atoms with Gasteiger partial charge in [0.2, 0.25) is 5.91 Å². The lowest BCUT2D eigenvalue weighted by Gasteiger charge is -2.31. The normalized spacial score (nSPS) is 19.1. The van der Waals surface area contributed by atoms with E-state index in [2.05, 4.69) is 43.0 Å². The van der Waals surface area contributed by atoms with Gasteiger partial charge in [0, 0.05) is 50.6 Å². The van der Waals surface area contributed by atoms with Crippen molar-refractivity contribution < 1.29 is 14.3 Å². The number of hydrogen-bond donors (Lipinski definition) is 0. The van der Waals surface area contributed by atoms with Gasteiger partial charge in [-0.15, -0.1) is 0 Å². The number of nitrogens with zero attached hydrogens (tertiary/aromatic N) is 2. The average molecular weight is 411 g/mol. The molecule has 0 N–H and O–H groups in total. The Hall–Kier alpha value is -2.53. The maximum atomic E-state index is 12.3. The SMILES string of the molecule is COc1ccccc1CN1CC(CN(C(C)=O)C(C)C)C(c2ccccc2OC)C1. The Morgan fingerprint density at radius 1 is 1.03 bits per heavy atom. The minimum atomic E-state index is 0.131. The van der Waals surface area contributed by atoms with Gasteiger partial charge in [-0.05, 0) is 37.5 Å². The summed E-state index contributed by atoms with van der Waals surface area (Å²) in [5, 5.41) is 0. The minimum absolute atomic E-state index is 0.131. The molecule has 2 aromatic rings. The number of para-hydroxylation sites is 2. The molecule has 0 aliphatic carbocycles. The molecule has 0 aromatic heterocycles. The van der Waals surface area contributed by atoms with E-state index < -0.39 is 0 Å². The Balaban J connectivity index is 1.88. The van der Waals surface area contributed by atoms with Crippen LogP contribution in [0.5, 0.6) is 11.5 Å². The molecule has 1 heterocycles. The van der Waals surface area contributed by atoms with E-state index in [4.69, 9.17) is 9.47 Å². The molecule has 1 aliphatic heterocycles. The Kier molecular flexibility index (Phi) is 7.38. The van der Waals surface area contributed by atoms with Crippen molar-refractivity contribution in [1.82, 2.24) is 9.80 Å². The number of ether oxygens (including phenoxy) is 2. The van der Waals surface area contributed by atoms with Gasteiger partial charge in [0.15, 0.2) is 0 Å². The van der Waals surface area contributed by atoms with Gasteiger partial charge < -0.3 is 14.4 Å². The van der Waals surface area contributed by atoms with Crippen LogP contribution in [0.4, 0.5) is 0 Å². The molecule has 2 atom stereocenters. The zero-order valence-corrected chi connectivity index (χ0v) is 18.8. The van der Waals surface area contributed by atoms with Crippen LogP contribution in [0.3, 0.4) is 0 Å². The van der Waals surface area contributed by atoms with Crippen LogP contribution in [-0.2, 0) is 11.3 Å². The van der Waals surface area contributed by atoms with Crippen molar-refractivity contribution in [3.63, 3.8) is 0 Å². The van der Waals surface area contributed by atoms with Crippen molar-refractivity contribution in [2.75, 3.05) is 33.9 Å². The summed E-state index contributed by atoms with van der Waals surface area (Å²) in [5.41, 5.74) is 2.41. The Labute approximate surface area is 180 Å². The second kappa shape index (κ2) is 9.98. The van der Waals surface area contributed by atoms with Gasteiger partial charge in [0.25, 0.3) is 0 Å². The summed E-state index contributed by atoms with van der Waals surface area (Å²) in [4.78, 5) is 16.7. The highest BCUT2D eigenvalue weighted by molar-refractivity contribution is 5.73. The largest absolute Gasteiger partial charge is 0.496 e. The van der Waals surface area contributed by atoms with Gasteiger partial charge in [-0.25, -0.2) is 0 Å². The number of rotatable bonds is 8. The van der Waals surface area contributed by atoms with E-state index in [0.29, 0.717) is 11.8 Å². The molecule has 1 aliphatic rings. The second-order valence-corrected chi connectivity index (χ2v) is 8.38. The summed E-state index contributed by atoms with van der Waals surface area (Å²) in [6.07, 6.45) is 0. The third-order valence-corrected chi connectivity index (χ3v) is 6.10. The van der Waals surface area contributed by atoms with E-state index in [9.17, 15) is 4.79 Å². The van der Waals surface area contributed by atoms with E-state index in [1.54, 1.807) is 21.1 Å². The summed E-state index contributed by atoms with van der Waals surface area (Å²) >= 11 is 0. The summed E-state index contributed by atoms with van der Waals surface area (Å²) in [6, 6.07) is 16.6. The lowest BCUT2D eigenvalue weighted by Crippen LogP contribution is -2.40. The molecule has 5 nitrogen and oxygen atoms in total. The zero-order valence-electron chi connectivity index (χ0n) is 18.8. The third kappa shape index (κ3) is 4.96. The zero-order chi connectivity index (χ0) is 21.7. The molecular weight excluding hydrogens is 376 g/mol. The monoisotopic (exact) mass is 410 g/mol. The second-order valence-electron chi connectivity index (χ2n) is 8.38. The summed E-state index contributed by atoms with van der Waals surface area (Å²) in [5.74, 6) is 2.61. The first-order valence-electron chi connectivity index (χ1n) is 10.7. The molecule has 3 rings (SSSR count). The summed E-state index contributed by atoms with van der Waals surface area (Å²) < 4.78 is 11.2. The van der Waals surface area contributed by atoms with Crippen LogP contribution in [-0.4, -0.2) is 55.6 Å². The molecule has 0 saturated carbocycles. The van der Waals surface area contributed by atoms with E-state index in [1.807, 2.05) is 29.2 Å². The van der Waals surface area contributed by atoms with Crippen molar-refractivity contribution in [3.8, 4) is 11.5 Å². The molecule has 2 aromatic carbocycles. The predicted octanol–water partition coefficient (Wildman–Crippen LogP) is 4.18. The summed E-state index contributed by atoms with van der Waals surface area (Å²) in [6.45, 7) is 9.26. The standard InChI is InChI=1S/C25H34N2O3/c1-18(2)27(19(3)28)16-21-15-26(14-20-10-6-8-12-24(20)29-4)17-23(21)22-11-7-9-13-25(22)30-5/h6-13,18,21,23H,14-17H2,1-5H3. The molecule has 0 bridgehead atoms. The fourth-order valence-corrected chi connectivity index (χ4v) is 4.63. The maximum Gasteiger partial charge on any atom is 0.219 e. The van der Waals surface area contributed by atoms with E-state index in [1.165, 1.54) is 11.1 Å². The van der Waals surface area contributed by atoms with Crippen molar-refractivity contribution in [2.45, 2.75) is 39.3 Å². The van der Waals surface area contributed by atoms with Crippen molar-refractivity contribution in [2.24, 2.45) is 5.92 Å². The molecule has 2 unspecified atom stereocenters. The molecule has 1 amide bonds. The number of carbonyl (C=O) groups is 1. The number of amides is 1. The molecule has 1 fully saturated rings. The van der Waals surface area contributed by atoms with E-state index in [-0.39, 0.29) is 11.9 Å². The Morgan fingerprint density at radius 3 is 2.30 bits per heavy atom. The molecule has 162 valence electrons. The molecule has 0 radical (unpaired) electrons. The van der Waals surface area contributed by atoms with Gasteiger partial charge in [0.1, 0.15) is 11.5 Å². The van der Waals surface area contributed by atoms with Gasteiger partial charge in [-0.2, -0.15) is 0 Å². The van der Waals surface area contributed by atoms with Crippen LogP contribution in [0.2, 0.25) is 0 Å². The molecule has 0 spiro atoms. The lowest BCUT2D eigenvalue weighted by atomic mass is 9.87. The predicted molar refractivity (Wildman–Crippen MR) is 120 cm³/mol. The maximum absolute atomic E-state index is 12.3. The van der Waals surface area contributed by atoms with E-state index in [0.717, 1.165) is 37.7 Å². The molecule has 1 saturated heterocycles. The Bertz CT molecular complexity index is 852. The molecule has 5 heteroatoms. The third-order valence-electron chi connectivity index (χ3n) is 6.10. The average Bonchev–Trinajstić information content (AvgIpc) is 3.14. The highest BCUT2D eigenvalue weighted by Crippen LogP contribution is 2.39. The molecule has 30 heavy (non-hydrogen) atoms. The van der Waals surface area contributed by atoms with Crippen LogP contribution in [0, 0.1) is 5.92 Å². The van der Waals surface area contributed by atoms with Gasteiger partial charge in [-0.1, -0.05) is 36.4 Å². The number of methoxy groups -OCH3 is 2. The minimum Gasteiger partial charge on any atom is -0.496 e. The van der Waals surface area contributed by atoms with Gasteiger partial charge in [0.05, 0.1) is 14.2 Å². The van der Waals surface area contributed by atoms with Crippen LogP contribution < -0.4 is 9.47 Å².